The van der Waals surface area contributed by atoms with Crippen LogP contribution in [0.2, 0.25) is 5.02 Å². The average Bonchev–Trinajstić information content (AvgIpc) is 2.14. The molecule has 0 saturated heterocycles. The van der Waals surface area contributed by atoms with E-state index in [1.54, 1.807) is 24.3 Å². The lowest BCUT2D eigenvalue weighted by Gasteiger charge is -2.08. The van der Waals surface area contributed by atoms with E-state index in [-0.39, 0.29) is 6.54 Å². The Kier molecular flexibility index (Phi) is 4.18. The van der Waals surface area contributed by atoms with Crippen LogP contribution < -0.4 is 5.32 Å². The van der Waals surface area contributed by atoms with Crippen LogP contribution in [0.5, 0.6) is 0 Å². The van der Waals surface area contributed by atoms with E-state index in [4.69, 9.17) is 11.6 Å². The lowest BCUT2D eigenvalue weighted by molar-refractivity contribution is -0.153. The molecule has 0 atom stereocenters. The van der Waals surface area contributed by atoms with Crippen molar-refractivity contribution in [3.05, 3.63) is 34.9 Å². The third-order valence-corrected chi connectivity index (χ3v) is 2.16. The van der Waals surface area contributed by atoms with Crippen molar-refractivity contribution >= 4 is 17.5 Å². The first-order chi connectivity index (χ1) is 7.38. The highest BCUT2D eigenvalue weighted by Gasteiger charge is 2.30. The predicted octanol–water partition coefficient (Wildman–Crippen LogP) is 2.91. The smallest absolute Gasteiger partial charge is 0.352 e. The normalized spacial score (nSPS) is 11.2. The van der Waals surface area contributed by atoms with Crippen molar-refractivity contribution < 1.29 is 18.0 Å². The molecule has 0 aliphatic rings. The number of rotatable bonds is 3. The summed E-state index contributed by atoms with van der Waals surface area (Å²) in [5.41, 5.74) is 0.583. The van der Waals surface area contributed by atoms with Gasteiger partial charge in [-0.25, -0.2) is 0 Å². The van der Waals surface area contributed by atoms with Crippen molar-refractivity contribution in [3.63, 3.8) is 0 Å². The largest absolute Gasteiger partial charge is 0.397 e. The Balaban J connectivity index is 2.47. The Morgan fingerprint density at radius 3 is 2.50 bits per heavy atom. The van der Waals surface area contributed by atoms with Gasteiger partial charge in [-0.2, -0.15) is 13.2 Å². The molecule has 6 heteroatoms. The Hall–Kier alpha value is -1.23. The molecular formula is C10H9ClF3NO. The highest BCUT2D eigenvalue weighted by molar-refractivity contribution is 6.31. The predicted molar refractivity (Wildman–Crippen MR) is 54.0 cm³/mol. The van der Waals surface area contributed by atoms with Gasteiger partial charge in [-0.05, 0) is 11.6 Å². The van der Waals surface area contributed by atoms with E-state index in [2.05, 4.69) is 5.32 Å². The molecule has 0 saturated carbocycles. The van der Waals surface area contributed by atoms with Crippen LogP contribution in [0.1, 0.15) is 12.0 Å². The molecule has 0 bridgehead atoms. The van der Waals surface area contributed by atoms with Crippen LogP contribution in [-0.2, 0) is 11.3 Å². The molecule has 1 rings (SSSR count). The molecule has 0 heterocycles. The van der Waals surface area contributed by atoms with Crippen molar-refractivity contribution in [3.8, 4) is 0 Å². The van der Waals surface area contributed by atoms with Gasteiger partial charge in [0.15, 0.2) is 0 Å². The zero-order valence-corrected chi connectivity index (χ0v) is 8.90. The molecule has 1 aromatic carbocycles. The highest BCUT2D eigenvalue weighted by atomic mass is 35.5. The standard InChI is InChI=1S/C10H9ClF3NO/c11-8-4-2-1-3-7(8)6-15-9(16)5-10(12,13)14/h1-4H,5-6H2,(H,15,16). The lowest BCUT2D eigenvalue weighted by Crippen LogP contribution is -2.28. The summed E-state index contributed by atoms with van der Waals surface area (Å²) < 4.78 is 35.5. The second-order valence-corrected chi connectivity index (χ2v) is 3.57. The average molecular weight is 252 g/mol. The van der Waals surface area contributed by atoms with Gasteiger partial charge in [0, 0.05) is 11.6 Å². The number of hydrogen-bond acceptors (Lipinski definition) is 1. The van der Waals surface area contributed by atoms with E-state index >= 15 is 0 Å². The molecule has 0 aliphatic carbocycles. The number of hydrogen-bond donors (Lipinski definition) is 1. The third kappa shape index (κ3) is 4.53. The van der Waals surface area contributed by atoms with E-state index in [1.807, 2.05) is 0 Å². The molecule has 0 aliphatic heterocycles. The number of benzene rings is 1. The lowest BCUT2D eigenvalue weighted by atomic mass is 10.2. The monoisotopic (exact) mass is 251 g/mol. The zero-order valence-electron chi connectivity index (χ0n) is 8.14. The summed E-state index contributed by atoms with van der Waals surface area (Å²) in [6.45, 7) is -0.00537. The topological polar surface area (TPSA) is 29.1 Å². The highest BCUT2D eigenvalue weighted by Crippen LogP contribution is 2.19. The number of halogens is 4. The zero-order chi connectivity index (χ0) is 12.2. The van der Waals surface area contributed by atoms with Crippen LogP contribution in [0.4, 0.5) is 13.2 Å². The van der Waals surface area contributed by atoms with Gasteiger partial charge in [-0.15, -0.1) is 0 Å². The summed E-state index contributed by atoms with van der Waals surface area (Å²) in [5, 5.41) is 2.56. The number of alkyl halides is 3. The molecule has 1 amide bonds. The quantitative estimate of drug-likeness (QED) is 0.879. The van der Waals surface area contributed by atoms with E-state index in [0.29, 0.717) is 10.6 Å². The molecule has 1 aromatic rings. The van der Waals surface area contributed by atoms with Gasteiger partial charge in [0.25, 0.3) is 0 Å². The van der Waals surface area contributed by atoms with Crippen LogP contribution in [0.25, 0.3) is 0 Å². The maximum atomic E-state index is 11.8. The maximum Gasteiger partial charge on any atom is 0.397 e. The van der Waals surface area contributed by atoms with Crippen LogP contribution in [0.3, 0.4) is 0 Å². The Morgan fingerprint density at radius 2 is 1.94 bits per heavy atom. The van der Waals surface area contributed by atoms with Crippen LogP contribution in [0, 0.1) is 0 Å². The molecule has 2 nitrogen and oxygen atoms in total. The minimum Gasteiger partial charge on any atom is -0.352 e. The number of carbonyl (C=O) groups is 1. The minimum absolute atomic E-state index is 0.00537. The fraction of sp³-hybridized carbons (Fsp3) is 0.300. The van der Waals surface area contributed by atoms with E-state index in [0.717, 1.165) is 0 Å². The molecule has 0 fully saturated rings. The van der Waals surface area contributed by atoms with Crippen molar-refractivity contribution in [1.29, 1.82) is 0 Å². The van der Waals surface area contributed by atoms with Crippen LogP contribution >= 0.6 is 11.6 Å². The Bertz CT molecular complexity index is 379. The molecule has 1 N–H and O–H groups in total. The third-order valence-electron chi connectivity index (χ3n) is 1.79. The fourth-order valence-electron chi connectivity index (χ4n) is 1.08. The first kappa shape index (κ1) is 12.8. The summed E-state index contributed by atoms with van der Waals surface area (Å²) in [6.07, 6.45) is -5.96. The Labute approximate surface area is 95.4 Å². The van der Waals surface area contributed by atoms with Crippen LogP contribution in [0.15, 0.2) is 24.3 Å². The molecule has 0 unspecified atom stereocenters. The molecule has 0 radical (unpaired) electrons. The van der Waals surface area contributed by atoms with Crippen molar-refractivity contribution in [2.45, 2.75) is 19.1 Å². The molecule has 88 valence electrons. The summed E-state index contributed by atoms with van der Waals surface area (Å²) in [5.74, 6) is -1.06. The van der Waals surface area contributed by atoms with Gasteiger partial charge < -0.3 is 5.32 Å². The van der Waals surface area contributed by atoms with E-state index in [1.165, 1.54) is 0 Å². The van der Waals surface area contributed by atoms with Gasteiger partial charge in [0.2, 0.25) is 5.91 Å². The van der Waals surface area contributed by atoms with Gasteiger partial charge in [0.1, 0.15) is 6.42 Å². The summed E-state index contributed by atoms with van der Waals surface area (Å²) >= 11 is 5.77. The second-order valence-electron chi connectivity index (χ2n) is 3.16. The number of amides is 1. The van der Waals surface area contributed by atoms with E-state index < -0.39 is 18.5 Å². The van der Waals surface area contributed by atoms with Gasteiger partial charge >= 0.3 is 6.18 Å². The second kappa shape index (κ2) is 5.21. The molecule has 0 spiro atoms. The van der Waals surface area contributed by atoms with Gasteiger partial charge in [-0.3, -0.25) is 4.79 Å². The first-order valence-electron chi connectivity index (χ1n) is 4.45. The van der Waals surface area contributed by atoms with Gasteiger partial charge in [0.05, 0.1) is 0 Å². The van der Waals surface area contributed by atoms with Crippen molar-refractivity contribution in [2.24, 2.45) is 0 Å². The van der Waals surface area contributed by atoms with Crippen molar-refractivity contribution in [1.82, 2.24) is 5.32 Å². The van der Waals surface area contributed by atoms with Crippen molar-refractivity contribution in [2.75, 3.05) is 0 Å². The molecule has 16 heavy (non-hydrogen) atoms. The summed E-state index contributed by atoms with van der Waals surface area (Å²) in [4.78, 5) is 10.9. The minimum atomic E-state index is -4.48. The Morgan fingerprint density at radius 1 is 1.31 bits per heavy atom. The fourth-order valence-corrected chi connectivity index (χ4v) is 1.28. The maximum absolute atomic E-state index is 11.8. The molecule has 0 aromatic heterocycles. The summed E-state index contributed by atoms with van der Waals surface area (Å²) in [6, 6.07) is 6.63. The SMILES string of the molecule is O=C(CC(F)(F)F)NCc1ccccc1Cl. The molecular weight excluding hydrogens is 243 g/mol. The number of carbonyl (C=O) groups excluding carboxylic acids is 1. The van der Waals surface area contributed by atoms with Crippen LogP contribution in [-0.4, -0.2) is 12.1 Å². The summed E-state index contributed by atoms with van der Waals surface area (Å²) in [7, 11) is 0. The van der Waals surface area contributed by atoms with Gasteiger partial charge in [-0.1, -0.05) is 29.8 Å². The number of nitrogens with one attached hydrogen (secondary N) is 1. The first-order valence-corrected chi connectivity index (χ1v) is 4.83. The van der Waals surface area contributed by atoms with E-state index in [9.17, 15) is 18.0 Å².